The van der Waals surface area contributed by atoms with Crippen LogP contribution in [-0.4, -0.2) is 34.2 Å². The van der Waals surface area contributed by atoms with Gasteiger partial charge < -0.3 is 5.11 Å². The van der Waals surface area contributed by atoms with Crippen LogP contribution in [0.25, 0.3) is 0 Å². The van der Waals surface area contributed by atoms with Crippen molar-refractivity contribution in [1.29, 1.82) is 0 Å². The Morgan fingerprint density at radius 2 is 1.95 bits per heavy atom. The third-order valence-electron chi connectivity index (χ3n) is 4.95. The van der Waals surface area contributed by atoms with Gasteiger partial charge in [-0.1, -0.05) is 37.8 Å². The zero-order valence-electron chi connectivity index (χ0n) is 14.0. The standard InChI is InChI=1S/C20H27NO/c1-15(2)14-21-18-7-8-19(21)13-20(22,12-18)10-9-17-6-4-5-16(3)11-17/h4-6,11,15,18-19,22H,7-8,12-14H2,1-3H3. The number of rotatable bonds is 2. The minimum Gasteiger partial charge on any atom is -0.377 e. The van der Waals surface area contributed by atoms with Crippen LogP contribution in [0.4, 0.5) is 0 Å². The fourth-order valence-corrected chi connectivity index (χ4v) is 4.05. The molecule has 2 heterocycles. The topological polar surface area (TPSA) is 23.5 Å². The highest BCUT2D eigenvalue weighted by Crippen LogP contribution is 2.40. The highest BCUT2D eigenvalue weighted by molar-refractivity contribution is 5.39. The molecule has 2 fully saturated rings. The predicted octanol–water partition coefficient (Wildman–Crippen LogP) is 3.36. The molecule has 2 bridgehead atoms. The Morgan fingerprint density at radius 1 is 1.27 bits per heavy atom. The Kier molecular flexibility index (Phi) is 4.30. The molecule has 0 spiro atoms. The third-order valence-corrected chi connectivity index (χ3v) is 4.95. The summed E-state index contributed by atoms with van der Waals surface area (Å²) in [6.45, 7) is 7.77. The maximum Gasteiger partial charge on any atom is 0.128 e. The molecule has 22 heavy (non-hydrogen) atoms. The van der Waals surface area contributed by atoms with Gasteiger partial charge in [-0.05, 0) is 43.4 Å². The van der Waals surface area contributed by atoms with Crippen molar-refractivity contribution in [3.63, 3.8) is 0 Å². The number of piperidine rings is 1. The average Bonchev–Trinajstić information content (AvgIpc) is 2.69. The van der Waals surface area contributed by atoms with Gasteiger partial charge in [-0.2, -0.15) is 0 Å². The van der Waals surface area contributed by atoms with Crippen LogP contribution in [0.3, 0.4) is 0 Å². The number of benzene rings is 1. The van der Waals surface area contributed by atoms with Crippen molar-refractivity contribution in [2.24, 2.45) is 5.92 Å². The van der Waals surface area contributed by atoms with Gasteiger partial charge in [-0.3, -0.25) is 4.90 Å². The molecule has 0 amide bonds. The van der Waals surface area contributed by atoms with Crippen LogP contribution in [0.5, 0.6) is 0 Å². The van der Waals surface area contributed by atoms with Crippen LogP contribution in [0.2, 0.25) is 0 Å². The van der Waals surface area contributed by atoms with Crippen LogP contribution in [0, 0.1) is 24.7 Å². The van der Waals surface area contributed by atoms with Crippen molar-refractivity contribution in [2.45, 2.75) is 64.1 Å². The molecule has 2 atom stereocenters. The van der Waals surface area contributed by atoms with E-state index in [9.17, 15) is 5.11 Å². The SMILES string of the molecule is Cc1cccc(C#CC2(O)CC3CCC(C2)N3CC(C)C)c1. The van der Waals surface area contributed by atoms with Crippen molar-refractivity contribution >= 4 is 0 Å². The van der Waals surface area contributed by atoms with Gasteiger partial charge >= 0.3 is 0 Å². The summed E-state index contributed by atoms with van der Waals surface area (Å²) in [4.78, 5) is 2.62. The first-order valence-corrected chi connectivity index (χ1v) is 8.53. The number of hydrogen-bond donors (Lipinski definition) is 1. The van der Waals surface area contributed by atoms with E-state index in [1.54, 1.807) is 0 Å². The second-order valence-electron chi connectivity index (χ2n) is 7.53. The van der Waals surface area contributed by atoms with Gasteiger partial charge in [-0.15, -0.1) is 0 Å². The lowest BCUT2D eigenvalue weighted by molar-refractivity contribution is -0.0146. The molecule has 0 aliphatic carbocycles. The molecule has 2 aliphatic heterocycles. The third kappa shape index (κ3) is 3.37. The van der Waals surface area contributed by atoms with Crippen LogP contribution in [-0.2, 0) is 0 Å². The summed E-state index contributed by atoms with van der Waals surface area (Å²) in [5.74, 6) is 7.08. The van der Waals surface area contributed by atoms with E-state index in [2.05, 4.69) is 49.6 Å². The van der Waals surface area contributed by atoms with Crippen molar-refractivity contribution in [3.05, 3.63) is 35.4 Å². The van der Waals surface area contributed by atoms with Gasteiger partial charge in [0.05, 0.1) is 0 Å². The number of aliphatic hydroxyl groups is 1. The van der Waals surface area contributed by atoms with Gasteiger partial charge in [0.1, 0.15) is 5.60 Å². The van der Waals surface area contributed by atoms with Crippen molar-refractivity contribution in [1.82, 2.24) is 4.90 Å². The maximum absolute atomic E-state index is 10.9. The molecule has 3 rings (SSSR count). The number of hydrogen-bond acceptors (Lipinski definition) is 2. The summed E-state index contributed by atoms with van der Waals surface area (Å²) in [6, 6.07) is 9.23. The molecule has 1 aromatic rings. The fraction of sp³-hybridized carbons (Fsp3) is 0.600. The summed E-state index contributed by atoms with van der Waals surface area (Å²) in [5.41, 5.74) is 1.42. The van der Waals surface area contributed by atoms with E-state index in [4.69, 9.17) is 0 Å². The highest BCUT2D eigenvalue weighted by Gasteiger charge is 2.46. The monoisotopic (exact) mass is 297 g/mol. The summed E-state index contributed by atoms with van der Waals surface area (Å²) in [5, 5.41) is 10.9. The molecule has 0 radical (unpaired) electrons. The first kappa shape index (κ1) is 15.6. The van der Waals surface area contributed by atoms with Crippen LogP contribution < -0.4 is 0 Å². The normalized spacial score (nSPS) is 31.1. The summed E-state index contributed by atoms with van der Waals surface area (Å²) < 4.78 is 0. The molecule has 0 aromatic heterocycles. The second kappa shape index (κ2) is 6.07. The zero-order valence-corrected chi connectivity index (χ0v) is 14.0. The van der Waals surface area contributed by atoms with Gasteiger partial charge in [0.25, 0.3) is 0 Å². The van der Waals surface area contributed by atoms with E-state index in [-0.39, 0.29) is 0 Å². The van der Waals surface area contributed by atoms with Gasteiger partial charge in [0.2, 0.25) is 0 Å². The average molecular weight is 297 g/mol. The Labute approximate surface area is 134 Å². The summed E-state index contributed by atoms with van der Waals surface area (Å²) >= 11 is 0. The van der Waals surface area contributed by atoms with E-state index in [0.717, 1.165) is 24.9 Å². The predicted molar refractivity (Wildman–Crippen MR) is 90.6 cm³/mol. The summed E-state index contributed by atoms with van der Waals surface area (Å²) in [6.07, 6.45) is 4.03. The van der Waals surface area contributed by atoms with Crippen LogP contribution >= 0.6 is 0 Å². The van der Waals surface area contributed by atoms with Crippen molar-refractivity contribution in [2.75, 3.05) is 6.54 Å². The van der Waals surface area contributed by atoms with Crippen LogP contribution in [0.1, 0.15) is 50.7 Å². The molecule has 2 saturated heterocycles. The Morgan fingerprint density at radius 3 is 2.55 bits per heavy atom. The lowest BCUT2D eigenvalue weighted by Gasteiger charge is -2.42. The Bertz CT molecular complexity index is 581. The molecule has 118 valence electrons. The van der Waals surface area contributed by atoms with Crippen LogP contribution in [0.15, 0.2) is 24.3 Å². The molecule has 2 aliphatic rings. The Balaban J connectivity index is 1.74. The fourth-order valence-electron chi connectivity index (χ4n) is 4.05. The second-order valence-corrected chi connectivity index (χ2v) is 7.53. The first-order chi connectivity index (χ1) is 10.5. The van der Waals surface area contributed by atoms with Crippen molar-refractivity contribution < 1.29 is 5.11 Å². The largest absolute Gasteiger partial charge is 0.377 e. The van der Waals surface area contributed by atoms with E-state index < -0.39 is 5.60 Å². The molecule has 2 heteroatoms. The Hall–Kier alpha value is -1.30. The first-order valence-electron chi connectivity index (χ1n) is 8.53. The van der Waals surface area contributed by atoms with Gasteiger partial charge in [-0.25, -0.2) is 0 Å². The van der Waals surface area contributed by atoms with E-state index >= 15 is 0 Å². The minimum atomic E-state index is -0.803. The highest BCUT2D eigenvalue weighted by atomic mass is 16.3. The quantitative estimate of drug-likeness (QED) is 0.846. The molecule has 1 N–H and O–H groups in total. The van der Waals surface area contributed by atoms with E-state index in [0.29, 0.717) is 18.0 Å². The minimum absolute atomic E-state index is 0.512. The number of nitrogens with zero attached hydrogens (tertiary/aromatic N) is 1. The number of fused-ring (bicyclic) bond motifs is 2. The van der Waals surface area contributed by atoms with Gasteiger partial charge in [0, 0.05) is 37.0 Å². The zero-order chi connectivity index (χ0) is 15.7. The smallest absolute Gasteiger partial charge is 0.128 e. The summed E-state index contributed by atoms with van der Waals surface area (Å²) in [7, 11) is 0. The molecular formula is C20H27NO. The molecule has 2 nitrogen and oxygen atoms in total. The molecular weight excluding hydrogens is 270 g/mol. The lowest BCUT2D eigenvalue weighted by Crippen LogP contribution is -2.51. The molecule has 0 saturated carbocycles. The van der Waals surface area contributed by atoms with Gasteiger partial charge in [0.15, 0.2) is 0 Å². The maximum atomic E-state index is 10.9. The van der Waals surface area contributed by atoms with E-state index in [1.165, 1.54) is 18.4 Å². The molecule has 2 unspecified atom stereocenters. The lowest BCUT2D eigenvalue weighted by atomic mass is 9.86. The van der Waals surface area contributed by atoms with Crippen molar-refractivity contribution in [3.8, 4) is 11.8 Å². The number of aryl methyl sites for hydroxylation is 1. The van der Waals surface area contributed by atoms with E-state index in [1.807, 2.05) is 12.1 Å². The molecule has 1 aromatic carbocycles.